The number of fused-ring (bicyclic) bond motifs is 1. The third-order valence-corrected chi connectivity index (χ3v) is 5.51. The molecule has 0 radical (unpaired) electrons. The Hall–Kier alpha value is -2.93. The van der Waals surface area contributed by atoms with E-state index in [1.54, 1.807) is 21.3 Å². The van der Waals surface area contributed by atoms with E-state index in [0.717, 1.165) is 16.9 Å². The highest BCUT2D eigenvalue weighted by Crippen LogP contribution is 2.41. The van der Waals surface area contributed by atoms with Crippen molar-refractivity contribution in [1.82, 2.24) is 0 Å². The van der Waals surface area contributed by atoms with Crippen LogP contribution in [0.1, 0.15) is 17.2 Å². The van der Waals surface area contributed by atoms with Gasteiger partial charge in [-0.2, -0.15) is 0 Å². The Labute approximate surface area is 169 Å². The molecule has 154 valence electrons. The lowest BCUT2D eigenvalue weighted by Crippen LogP contribution is -2.25. The molecule has 0 spiro atoms. The number of carbonyl (C=O) groups is 1. The molecule has 7 nitrogen and oxygen atoms in total. The summed E-state index contributed by atoms with van der Waals surface area (Å²) < 4.78 is 32.8. The third-order valence-electron chi connectivity index (χ3n) is 5.51. The van der Waals surface area contributed by atoms with Gasteiger partial charge in [-0.1, -0.05) is 12.1 Å². The number of hydrogen-bond donors (Lipinski definition) is 0. The van der Waals surface area contributed by atoms with Gasteiger partial charge in [0.25, 0.3) is 0 Å². The number of hydrogen-bond acceptors (Lipinski definition) is 7. The van der Waals surface area contributed by atoms with Crippen LogP contribution in [0.25, 0.3) is 0 Å². The summed E-state index contributed by atoms with van der Waals surface area (Å²) >= 11 is 0. The standard InChI is InChI=1S/C22H24O7/c1-24-17-7-5-14(10-19(17)25-2)21(26-3)16-11-27-22(23)15(16)8-13-4-6-18-20(9-13)29-12-28-18/h4-7,9-10,15-16,21H,8,11-12H2,1-3H3/t15-,16+,21-/m1/s1. The Kier molecular flexibility index (Phi) is 5.49. The zero-order valence-corrected chi connectivity index (χ0v) is 16.7. The smallest absolute Gasteiger partial charge is 0.309 e. The largest absolute Gasteiger partial charge is 0.493 e. The summed E-state index contributed by atoms with van der Waals surface area (Å²) in [6.07, 6.45) is 0.216. The molecule has 1 saturated heterocycles. The van der Waals surface area contributed by atoms with E-state index in [1.807, 2.05) is 36.4 Å². The monoisotopic (exact) mass is 400 g/mol. The van der Waals surface area contributed by atoms with Crippen molar-refractivity contribution >= 4 is 5.97 Å². The number of carbonyl (C=O) groups excluding carboxylic acids is 1. The van der Waals surface area contributed by atoms with E-state index in [2.05, 4.69) is 0 Å². The fourth-order valence-electron chi connectivity index (χ4n) is 4.02. The zero-order valence-electron chi connectivity index (χ0n) is 16.7. The summed E-state index contributed by atoms with van der Waals surface area (Å²) in [5, 5.41) is 0. The Morgan fingerprint density at radius 2 is 1.76 bits per heavy atom. The maximum absolute atomic E-state index is 12.5. The zero-order chi connectivity index (χ0) is 20.4. The minimum absolute atomic E-state index is 0.129. The molecule has 29 heavy (non-hydrogen) atoms. The molecule has 2 aromatic rings. The second-order valence-electron chi connectivity index (χ2n) is 7.06. The van der Waals surface area contributed by atoms with Gasteiger partial charge in [0.2, 0.25) is 6.79 Å². The molecule has 0 saturated carbocycles. The molecule has 0 amide bonds. The van der Waals surface area contributed by atoms with Gasteiger partial charge in [-0.05, 0) is 41.8 Å². The molecular formula is C22H24O7. The van der Waals surface area contributed by atoms with Gasteiger partial charge in [-0.15, -0.1) is 0 Å². The van der Waals surface area contributed by atoms with E-state index in [9.17, 15) is 4.79 Å². The maximum Gasteiger partial charge on any atom is 0.309 e. The SMILES string of the molecule is COc1ccc([C@@H](OC)[C@H]2COC(=O)[C@@H]2Cc2ccc3c(c2)OCO3)cc1OC. The minimum Gasteiger partial charge on any atom is -0.493 e. The molecule has 2 heterocycles. The molecule has 0 N–H and O–H groups in total. The fraction of sp³-hybridized carbons (Fsp3) is 0.409. The highest BCUT2D eigenvalue weighted by Gasteiger charge is 2.42. The molecular weight excluding hydrogens is 376 g/mol. The number of rotatable bonds is 7. The summed E-state index contributed by atoms with van der Waals surface area (Å²) in [5.41, 5.74) is 1.90. The van der Waals surface area contributed by atoms with Crippen LogP contribution in [0.3, 0.4) is 0 Å². The first-order valence-electron chi connectivity index (χ1n) is 9.44. The van der Waals surface area contributed by atoms with E-state index in [4.69, 9.17) is 28.4 Å². The lowest BCUT2D eigenvalue weighted by atomic mass is 9.82. The summed E-state index contributed by atoms with van der Waals surface area (Å²) in [5.74, 6) is 2.01. The van der Waals surface area contributed by atoms with Gasteiger partial charge < -0.3 is 28.4 Å². The molecule has 4 rings (SSSR count). The fourth-order valence-corrected chi connectivity index (χ4v) is 4.02. The predicted octanol–water partition coefficient (Wildman–Crippen LogP) is 3.15. The third kappa shape index (κ3) is 3.70. The van der Waals surface area contributed by atoms with E-state index in [0.29, 0.717) is 30.3 Å². The minimum atomic E-state index is -0.326. The number of methoxy groups -OCH3 is 3. The van der Waals surface area contributed by atoms with Crippen molar-refractivity contribution in [3.8, 4) is 23.0 Å². The summed E-state index contributed by atoms with van der Waals surface area (Å²) in [6.45, 7) is 0.527. The molecule has 0 aliphatic carbocycles. The second-order valence-corrected chi connectivity index (χ2v) is 7.06. The maximum atomic E-state index is 12.5. The van der Waals surface area contributed by atoms with Crippen LogP contribution in [0.2, 0.25) is 0 Å². The van der Waals surface area contributed by atoms with Crippen molar-refractivity contribution < 1.29 is 33.2 Å². The van der Waals surface area contributed by atoms with Gasteiger partial charge in [-0.3, -0.25) is 4.79 Å². The Bertz CT molecular complexity index is 895. The summed E-state index contributed by atoms with van der Waals surface area (Å²) in [7, 11) is 4.83. The summed E-state index contributed by atoms with van der Waals surface area (Å²) in [4.78, 5) is 12.5. The molecule has 2 aliphatic heterocycles. The average Bonchev–Trinajstić information content (AvgIpc) is 3.35. The van der Waals surface area contributed by atoms with Crippen LogP contribution >= 0.6 is 0 Å². The highest BCUT2D eigenvalue weighted by atomic mass is 16.7. The first kappa shape index (κ1) is 19.4. The lowest BCUT2D eigenvalue weighted by Gasteiger charge is -2.25. The molecule has 7 heteroatoms. The highest BCUT2D eigenvalue weighted by molar-refractivity contribution is 5.75. The van der Waals surface area contributed by atoms with Crippen LogP contribution in [-0.2, 0) is 20.7 Å². The Morgan fingerprint density at radius 1 is 0.966 bits per heavy atom. The lowest BCUT2D eigenvalue weighted by molar-refractivity contribution is -0.141. The number of benzene rings is 2. The van der Waals surface area contributed by atoms with E-state index >= 15 is 0 Å². The van der Waals surface area contributed by atoms with Gasteiger partial charge in [0.05, 0.1) is 32.8 Å². The first-order chi connectivity index (χ1) is 14.1. The quantitative estimate of drug-likeness (QED) is 0.661. The summed E-state index contributed by atoms with van der Waals surface area (Å²) in [6, 6.07) is 11.4. The molecule has 0 unspecified atom stereocenters. The average molecular weight is 400 g/mol. The van der Waals surface area contributed by atoms with Gasteiger partial charge in [0, 0.05) is 13.0 Å². The van der Waals surface area contributed by atoms with E-state index in [-0.39, 0.29) is 30.7 Å². The Balaban J connectivity index is 1.59. The van der Waals surface area contributed by atoms with Gasteiger partial charge in [0.15, 0.2) is 23.0 Å². The van der Waals surface area contributed by atoms with Crippen LogP contribution in [0.4, 0.5) is 0 Å². The van der Waals surface area contributed by atoms with Crippen molar-refractivity contribution in [3.05, 3.63) is 47.5 Å². The number of cyclic esters (lactones) is 1. The van der Waals surface area contributed by atoms with Gasteiger partial charge in [-0.25, -0.2) is 0 Å². The Morgan fingerprint density at radius 3 is 2.52 bits per heavy atom. The number of ether oxygens (including phenoxy) is 6. The molecule has 0 bridgehead atoms. The van der Waals surface area contributed by atoms with Crippen molar-refractivity contribution in [2.45, 2.75) is 12.5 Å². The van der Waals surface area contributed by atoms with Crippen LogP contribution in [0.5, 0.6) is 23.0 Å². The van der Waals surface area contributed by atoms with Crippen molar-refractivity contribution in [2.75, 3.05) is 34.7 Å². The van der Waals surface area contributed by atoms with Crippen molar-refractivity contribution in [1.29, 1.82) is 0 Å². The topological polar surface area (TPSA) is 72.5 Å². The van der Waals surface area contributed by atoms with Gasteiger partial charge in [0.1, 0.15) is 0 Å². The van der Waals surface area contributed by atoms with Crippen molar-refractivity contribution in [2.24, 2.45) is 11.8 Å². The molecule has 2 aliphatic rings. The first-order valence-corrected chi connectivity index (χ1v) is 9.44. The normalized spacial score (nSPS) is 21.0. The molecule has 1 fully saturated rings. The number of esters is 1. The van der Waals surface area contributed by atoms with Crippen molar-refractivity contribution in [3.63, 3.8) is 0 Å². The second kappa shape index (κ2) is 8.21. The van der Waals surface area contributed by atoms with Crippen LogP contribution in [0, 0.1) is 11.8 Å². The van der Waals surface area contributed by atoms with E-state index < -0.39 is 0 Å². The van der Waals surface area contributed by atoms with Crippen LogP contribution in [-0.4, -0.2) is 40.7 Å². The van der Waals surface area contributed by atoms with Crippen LogP contribution < -0.4 is 18.9 Å². The van der Waals surface area contributed by atoms with E-state index in [1.165, 1.54) is 0 Å². The molecule has 0 aromatic heterocycles. The predicted molar refractivity (Wildman–Crippen MR) is 104 cm³/mol. The van der Waals surface area contributed by atoms with Crippen LogP contribution in [0.15, 0.2) is 36.4 Å². The molecule has 3 atom stereocenters. The van der Waals surface area contributed by atoms with Gasteiger partial charge >= 0.3 is 5.97 Å². The molecule has 2 aromatic carbocycles.